The van der Waals surface area contributed by atoms with Crippen molar-refractivity contribution in [3.05, 3.63) is 35.4 Å². The molecule has 1 saturated heterocycles. The molecule has 23 heavy (non-hydrogen) atoms. The van der Waals surface area contributed by atoms with Crippen molar-refractivity contribution in [3.8, 4) is 0 Å². The van der Waals surface area contributed by atoms with E-state index in [9.17, 15) is 9.90 Å². The molecule has 128 valence electrons. The molecule has 1 N–H and O–H groups in total. The number of hydrogen-bond donors (Lipinski definition) is 1. The summed E-state index contributed by atoms with van der Waals surface area (Å²) in [5, 5.41) is 9.72. The van der Waals surface area contributed by atoms with E-state index in [-0.39, 0.29) is 5.41 Å². The van der Waals surface area contributed by atoms with Gasteiger partial charge >= 0.3 is 5.97 Å². The van der Waals surface area contributed by atoms with Gasteiger partial charge in [0.05, 0.1) is 0 Å². The SMILES string of the molecule is CCCN1CCN(C(C(=O)O)c2ccc(C(C)(C)C)cc2)CC1. The van der Waals surface area contributed by atoms with Crippen LogP contribution in [0.25, 0.3) is 0 Å². The minimum absolute atomic E-state index is 0.0863. The van der Waals surface area contributed by atoms with Crippen LogP contribution in [0.5, 0.6) is 0 Å². The number of carboxylic acid groups (broad SMARTS) is 1. The monoisotopic (exact) mass is 318 g/mol. The van der Waals surface area contributed by atoms with Gasteiger partial charge in [-0.3, -0.25) is 9.69 Å². The fourth-order valence-electron chi connectivity index (χ4n) is 3.24. The predicted molar refractivity (Wildman–Crippen MR) is 93.8 cm³/mol. The van der Waals surface area contributed by atoms with Crippen LogP contribution < -0.4 is 0 Å². The van der Waals surface area contributed by atoms with Crippen molar-refractivity contribution >= 4 is 5.97 Å². The summed E-state index contributed by atoms with van der Waals surface area (Å²) in [5.41, 5.74) is 2.20. The summed E-state index contributed by atoms with van der Waals surface area (Å²) in [5.74, 6) is -0.752. The van der Waals surface area contributed by atoms with E-state index >= 15 is 0 Å². The van der Waals surface area contributed by atoms with Crippen LogP contribution in [0.4, 0.5) is 0 Å². The molecule has 1 aliphatic rings. The molecule has 2 rings (SSSR count). The van der Waals surface area contributed by atoms with Crippen LogP contribution in [0, 0.1) is 0 Å². The Bertz CT molecular complexity index is 511. The standard InChI is InChI=1S/C19H30N2O2/c1-5-10-20-11-13-21(14-12-20)17(18(22)23)15-6-8-16(9-7-15)19(2,3)4/h6-9,17H,5,10-14H2,1-4H3,(H,22,23). The molecule has 4 nitrogen and oxygen atoms in total. The Balaban J connectivity index is 2.12. The molecule has 0 radical (unpaired) electrons. The van der Waals surface area contributed by atoms with Crippen molar-refractivity contribution in [3.63, 3.8) is 0 Å². The topological polar surface area (TPSA) is 43.8 Å². The van der Waals surface area contributed by atoms with Crippen LogP contribution >= 0.6 is 0 Å². The van der Waals surface area contributed by atoms with Gasteiger partial charge in [-0.1, -0.05) is 52.0 Å². The van der Waals surface area contributed by atoms with E-state index in [4.69, 9.17) is 0 Å². The van der Waals surface area contributed by atoms with E-state index < -0.39 is 12.0 Å². The van der Waals surface area contributed by atoms with Crippen molar-refractivity contribution < 1.29 is 9.90 Å². The van der Waals surface area contributed by atoms with E-state index in [1.807, 2.05) is 12.1 Å². The summed E-state index contributed by atoms with van der Waals surface area (Å²) in [4.78, 5) is 16.3. The Morgan fingerprint density at radius 3 is 2.13 bits per heavy atom. The van der Waals surface area contributed by atoms with Gasteiger partial charge in [0.25, 0.3) is 0 Å². The summed E-state index contributed by atoms with van der Waals surface area (Å²) in [6.07, 6.45) is 1.15. The van der Waals surface area contributed by atoms with E-state index in [0.717, 1.165) is 44.7 Å². The lowest BCUT2D eigenvalue weighted by Gasteiger charge is -2.37. The lowest BCUT2D eigenvalue weighted by Crippen LogP contribution is -2.49. The third-order valence-electron chi connectivity index (χ3n) is 4.64. The Labute approximate surface area is 140 Å². The predicted octanol–water partition coefficient (Wildman–Crippen LogP) is 3.14. The highest BCUT2D eigenvalue weighted by Crippen LogP contribution is 2.27. The largest absolute Gasteiger partial charge is 0.480 e. The number of aliphatic carboxylic acids is 1. The first-order valence-corrected chi connectivity index (χ1v) is 8.62. The maximum atomic E-state index is 11.8. The van der Waals surface area contributed by atoms with Gasteiger partial charge < -0.3 is 10.0 Å². The minimum atomic E-state index is -0.752. The molecule has 0 aromatic heterocycles. The average molecular weight is 318 g/mol. The average Bonchev–Trinajstić information content (AvgIpc) is 2.49. The molecule has 1 aromatic carbocycles. The Kier molecular flexibility index (Phi) is 5.82. The highest BCUT2D eigenvalue weighted by molar-refractivity contribution is 5.75. The van der Waals surface area contributed by atoms with Gasteiger partial charge in [-0.25, -0.2) is 0 Å². The summed E-state index contributed by atoms with van der Waals surface area (Å²) in [7, 11) is 0. The molecule has 1 fully saturated rings. The van der Waals surface area contributed by atoms with Gasteiger partial charge in [0.15, 0.2) is 0 Å². The number of rotatable bonds is 5. The molecule has 0 spiro atoms. The van der Waals surface area contributed by atoms with Crippen molar-refractivity contribution in [2.45, 2.75) is 45.6 Å². The van der Waals surface area contributed by atoms with E-state index in [0.29, 0.717) is 0 Å². The summed E-state index contributed by atoms with van der Waals surface area (Å²) < 4.78 is 0. The first kappa shape index (κ1) is 18.0. The number of piperazine rings is 1. The summed E-state index contributed by atoms with van der Waals surface area (Å²) in [6.45, 7) is 13.3. The van der Waals surface area contributed by atoms with Gasteiger partial charge in [0, 0.05) is 26.2 Å². The van der Waals surface area contributed by atoms with Crippen LogP contribution in [0.2, 0.25) is 0 Å². The van der Waals surface area contributed by atoms with Crippen molar-refractivity contribution in [2.75, 3.05) is 32.7 Å². The summed E-state index contributed by atoms with van der Waals surface area (Å²) in [6, 6.07) is 7.57. The third kappa shape index (κ3) is 4.55. The zero-order valence-corrected chi connectivity index (χ0v) is 14.9. The van der Waals surface area contributed by atoms with Gasteiger partial charge in [0.2, 0.25) is 0 Å². The molecule has 0 saturated carbocycles. The molecular formula is C19H30N2O2. The zero-order chi connectivity index (χ0) is 17.0. The van der Waals surface area contributed by atoms with Crippen LogP contribution in [-0.4, -0.2) is 53.6 Å². The first-order valence-electron chi connectivity index (χ1n) is 8.62. The lowest BCUT2D eigenvalue weighted by molar-refractivity contribution is -0.144. The van der Waals surface area contributed by atoms with Crippen LogP contribution in [-0.2, 0) is 10.2 Å². The number of benzene rings is 1. The van der Waals surface area contributed by atoms with Crippen LogP contribution in [0.1, 0.15) is 51.3 Å². The van der Waals surface area contributed by atoms with Crippen molar-refractivity contribution in [1.82, 2.24) is 9.80 Å². The fourth-order valence-corrected chi connectivity index (χ4v) is 3.24. The molecule has 0 bridgehead atoms. The Morgan fingerprint density at radius 2 is 1.70 bits per heavy atom. The quantitative estimate of drug-likeness (QED) is 0.906. The minimum Gasteiger partial charge on any atom is -0.480 e. The number of carboxylic acids is 1. The first-order chi connectivity index (χ1) is 10.8. The maximum absolute atomic E-state index is 11.8. The second-order valence-electron chi connectivity index (χ2n) is 7.49. The van der Waals surface area contributed by atoms with Gasteiger partial charge in [0.1, 0.15) is 6.04 Å². The fraction of sp³-hybridized carbons (Fsp3) is 0.632. The molecule has 0 amide bonds. The molecule has 4 heteroatoms. The molecule has 1 unspecified atom stereocenters. The van der Waals surface area contributed by atoms with E-state index in [1.165, 1.54) is 5.56 Å². The number of carbonyl (C=O) groups is 1. The second kappa shape index (κ2) is 7.45. The van der Waals surface area contributed by atoms with Crippen LogP contribution in [0.3, 0.4) is 0 Å². The highest BCUT2D eigenvalue weighted by Gasteiger charge is 2.30. The normalized spacial score (nSPS) is 18.8. The molecule has 0 aliphatic carbocycles. The Morgan fingerprint density at radius 1 is 1.13 bits per heavy atom. The third-order valence-corrected chi connectivity index (χ3v) is 4.64. The van der Waals surface area contributed by atoms with Gasteiger partial charge in [-0.2, -0.15) is 0 Å². The number of nitrogens with zero attached hydrogens (tertiary/aromatic N) is 2. The zero-order valence-electron chi connectivity index (χ0n) is 14.9. The molecule has 1 atom stereocenters. The van der Waals surface area contributed by atoms with Gasteiger partial charge in [-0.15, -0.1) is 0 Å². The van der Waals surface area contributed by atoms with Crippen molar-refractivity contribution in [1.29, 1.82) is 0 Å². The Hall–Kier alpha value is -1.39. The number of hydrogen-bond acceptors (Lipinski definition) is 3. The molecule has 1 heterocycles. The van der Waals surface area contributed by atoms with Gasteiger partial charge in [-0.05, 0) is 29.5 Å². The highest BCUT2D eigenvalue weighted by atomic mass is 16.4. The molecule has 1 aliphatic heterocycles. The van der Waals surface area contributed by atoms with Crippen LogP contribution in [0.15, 0.2) is 24.3 Å². The lowest BCUT2D eigenvalue weighted by atomic mass is 9.86. The van der Waals surface area contributed by atoms with Crippen molar-refractivity contribution in [2.24, 2.45) is 0 Å². The summed E-state index contributed by atoms with van der Waals surface area (Å²) >= 11 is 0. The second-order valence-corrected chi connectivity index (χ2v) is 7.49. The maximum Gasteiger partial charge on any atom is 0.325 e. The molecular weight excluding hydrogens is 288 g/mol. The molecule has 1 aromatic rings. The smallest absolute Gasteiger partial charge is 0.325 e. The van der Waals surface area contributed by atoms with E-state index in [2.05, 4.69) is 49.6 Å². The van der Waals surface area contributed by atoms with E-state index in [1.54, 1.807) is 0 Å².